The molecule has 0 spiro atoms. The number of primary amides is 1. The van der Waals surface area contributed by atoms with Gasteiger partial charge < -0.3 is 15.7 Å². The number of carboxylic acid groups (broad SMARTS) is 1. The molecule has 0 aromatic heterocycles. The third-order valence-electron chi connectivity index (χ3n) is 3.71. The van der Waals surface area contributed by atoms with Gasteiger partial charge in [-0.25, -0.2) is 4.79 Å². The van der Waals surface area contributed by atoms with Gasteiger partial charge >= 0.3 is 5.97 Å². The fourth-order valence-electron chi connectivity index (χ4n) is 2.59. The normalized spacial score (nSPS) is 15.6. The molecule has 1 aliphatic heterocycles. The van der Waals surface area contributed by atoms with Crippen LogP contribution in [-0.4, -0.2) is 59.5 Å². The quantitative estimate of drug-likeness (QED) is 0.434. The van der Waals surface area contributed by atoms with Crippen LogP contribution in [0.15, 0.2) is 24.3 Å². The van der Waals surface area contributed by atoms with Crippen LogP contribution in [0.1, 0.15) is 5.56 Å². The van der Waals surface area contributed by atoms with Crippen LogP contribution in [0.5, 0.6) is 0 Å². The zero-order valence-corrected chi connectivity index (χ0v) is 12.9. The molecule has 0 radical (unpaired) electrons. The summed E-state index contributed by atoms with van der Waals surface area (Å²) in [6, 6.07) is 4.60. The zero-order chi connectivity index (χ0) is 17.7. The highest BCUT2D eigenvalue weighted by molar-refractivity contribution is 5.85. The average Bonchev–Trinajstić information content (AvgIpc) is 2.53. The minimum absolute atomic E-state index is 0.0779. The second-order valence-electron chi connectivity index (χ2n) is 5.41. The third kappa shape index (κ3) is 4.53. The number of nitro benzene ring substituents is 1. The molecule has 1 aromatic carbocycles. The van der Waals surface area contributed by atoms with Gasteiger partial charge in [0.2, 0.25) is 5.91 Å². The van der Waals surface area contributed by atoms with E-state index in [1.807, 2.05) is 9.80 Å². The molecule has 9 nitrogen and oxygen atoms in total. The number of aliphatic carboxylic acids is 1. The molecule has 1 saturated heterocycles. The molecule has 0 bridgehead atoms. The third-order valence-corrected chi connectivity index (χ3v) is 3.71. The Balaban J connectivity index is 2.17. The Bertz CT molecular complexity index is 680. The number of anilines is 1. The van der Waals surface area contributed by atoms with Crippen molar-refractivity contribution in [1.82, 2.24) is 4.90 Å². The highest BCUT2D eigenvalue weighted by atomic mass is 16.6. The second-order valence-corrected chi connectivity index (χ2v) is 5.41. The number of piperazine rings is 1. The molecule has 0 aliphatic carbocycles. The van der Waals surface area contributed by atoms with Crippen LogP contribution in [0.2, 0.25) is 0 Å². The Labute approximate surface area is 138 Å². The van der Waals surface area contributed by atoms with Gasteiger partial charge in [0.05, 0.1) is 11.5 Å². The second kappa shape index (κ2) is 7.55. The van der Waals surface area contributed by atoms with Crippen molar-refractivity contribution in [1.29, 1.82) is 0 Å². The van der Waals surface area contributed by atoms with Crippen LogP contribution in [0, 0.1) is 10.1 Å². The van der Waals surface area contributed by atoms with Crippen LogP contribution >= 0.6 is 0 Å². The first-order chi connectivity index (χ1) is 11.4. The number of carbonyl (C=O) groups is 2. The molecule has 1 aromatic rings. The van der Waals surface area contributed by atoms with E-state index in [0.717, 1.165) is 6.08 Å². The van der Waals surface area contributed by atoms with Crippen LogP contribution in [0.4, 0.5) is 11.4 Å². The van der Waals surface area contributed by atoms with E-state index < -0.39 is 16.8 Å². The van der Waals surface area contributed by atoms with Gasteiger partial charge in [0.25, 0.3) is 5.69 Å². The molecule has 24 heavy (non-hydrogen) atoms. The van der Waals surface area contributed by atoms with Gasteiger partial charge in [0.1, 0.15) is 5.69 Å². The summed E-state index contributed by atoms with van der Waals surface area (Å²) in [6.07, 6.45) is 2.24. The van der Waals surface area contributed by atoms with E-state index in [-0.39, 0.29) is 12.2 Å². The molecule has 9 heteroatoms. The van der Waals surface area contributed by atoms with Crippen molar-refractivity contribution in [3.63, 3.8) is 0 Å². The molecular formula is C15H18N4O5. The molecule has 128 valence electrons. The zero-order valence-electron chi connectivity index (χ0n) is 12.9. The maximum absolute atomic E-state index is 11.3. The number of rotatable bonds is 6. The number of hydrogen-bond acceptors (Lipinski definition) is 6. The fourth-order valence-corrected chi connectivity index (χ4v) is 2.59. The summed E-state index contributed by atoms with van der Waals surface area (Å²) in [6.45, 7) is 2.42. The summed E-state index contributed by atoms with van der Waals surface area (Å²) in [4.78, 5) is 36.1. The predicted octanol–water partition coefficient (Wildman–Crippen LogP) is 0.300. The Morgan fingerprint density at radius 1 is 1.29 bits per heavy atom. The Hall–Kier alpha value is -2.94. The topological polar surface area (TPSA) is 130 Å². The number of carbonyl (C=O) groups excluding carboxylic acids is 1. The van der Waals surface area contributed by atoms with Crippen molar-refractivity contribution in [3.05, 3.63) is 40.0 Å². The Kier molecular flexibility index (Phi) is 5.48. The lowest BCUT2D eigenvalue weighted by atomic mass is 10.1. The van der Waals surface area contributed by atoms with E-state index in [0.29, 0.717) is 37.4 Å². The summed E-state index contributed by atoms with van der Waals surface area (Å²) in [5.74, 6) is -1.52. The van der Waals surface area contributed by atoms with Gasteiger partial charge in [-0.1, -0.05) is 6.07 Å². The number of benzene rings is 1. The fraction of sp³-hybridized carbons (Fsp3) is 0.333. The summed E-state index contributed by atoms with van der Waals surface area (Å²) < 4.78 is 0. The first kappa shape index (κ1) is 17.4. The largest absolute Gasteiger partial charge is 0.478 e. The lowest BCUT2D eigenvalue weighted by Gasteiger charge is -2.35. The summed E-state index contributed by atoms with van der Waals surface area (Å²) in [5, 5.41) is 20.0. The minimum atomic E-state index is -1.12. The smallest absolute Gasteiger partial charge is 0.328 e. The number of nitro groups is 1. The maximum atomic E-state index is 11.3. The predicted molar refractivity (Wildman–Crippen MR) is 87.6 cm³/mol. The monoisotopic (exact) mass is 334 g/mol. The van der Waals surface area contributed by atoms with E-state index in [1.54, 1.807) is 12.1 Å². The summed E-state index contributed by atoms with van der Waals surface area (Å²) >= 11 is 0. The lowest BCUT2D eigenvalue weighted by Crippen LogP contribution is -2.49. The van der Waals surface area contributed by atoms with Gasteiger partial charge in [0, 0.05) is 38.3 Å². The van der Waals surface area contributed by atoms with Crippen molar-refractivity contribution in [2.75, 3.05) is 37.6 Å². The number of nitrogens with zero attached hydrogens (tertiary/aromatic N) is 3. The van der Waals surface area contributed by atoms with E-state index in [4.69, 9.17) is 10.8 Å². The molecule has 1 fully saturated rings. The first-order valence-corrected chi connectivity index (χ1v) is 7.32. The molecule has 1 heterocycles. The van der Waals surface area contributed by atoms with Crippen molar-refractivity contribution in [2.24, 2.45) is 5.73 Å². The summed E-state index contributed by atoms with van der Waals surface area (Å²) in [7, 11) is 0. The molecule has 1 amide bonds. The Morgan fingerprint density at radius 2 is 1.96 bits per heavy atom. The molecule has 3 N–H and O–H groups in total. The molecule has 1 aliphatic rings. The van der Waals surface area contributed by atoms with Gasteiger partial charge in [-0.3, -0.25) is 19.8 Å². The molecule has 0 saturated carbocycles. The maximum Gasteiger partial charge on any atom is 0.328 e. The number of amides is 1. The highest BCUT2D eigenvalue weighted by Crippen LogP contribution is 2.30. The molecule has 0 atom stereocenters. The van der Waals surface area contributed by atoms with Gasteiger partial charge in [-0.2, -0.15) is 0 Å². The van der Waals surface area contributed by atoms with Crippen molar-refractivity contribution in [2.45, 2.75) is 0 Å². The van der Waals surface area contributed by atoms with Crippen LogP contribution < -0.4 is 10.6 Å². The molecular weight excluding hydrogens is 316 g/mol. The number of hydrogen-bond donors (Lipinski definition) is 2. The lowest BCUT2D eigenvalue weighted by molar-refractivity contribution is -0.384. The van der Waals surface area contributed by atoms with Crippen molar-refractivity contribution < 1.29 is 19.6 Å². The van der Waals surface area contributed by atoms with E-state index in [1.165, 1.54) is 12.1 Å². The van der Waals surface area contributed by atoms with E-state index in [2.05, 4.69) is 0 Å². The van der Waals surface area contributed by atoms with Crippen LogP contribution in [-0.2, 0) is 9.59 Å². The van der Waals surface area contributed by atoms with E-state index in [9.17, 15) is 19.7 Å². The first-order valence-electron chi connectivity index (χ1n) is 7.32. The Morgan fingerprint density at radius 3 is 2.50 bits per heavy atom. The van der Waals surface area contributed by atoms with Gasteiger partial charge in [-0.05, 0) is 17.7 Å². The van der Waals surface area contributed by atoms with E-state index >= 15 is 0 Å². The number of carboxylic acids is 1. The van der Waals surface area contributed by atoms with Crippen molar-refractivity contribution >= 4 is 29.3 Å². The summed E-state index contributed by atoms with van der Waals surface area (Å²) in [5.41, 5.74) is 6.01. The molecule has 0 unspecified atom stereocenters. The van der Waals surface area contributed by atoms with Gasteiger partial charge in [-0.15, -0.1) is 0 Å². The van der Waals surface area contributed by atoms with Gasteiger partial charge in [0.15, 0.2) is 0 Å². The van der Waals surface area contributed by atoms with Crippen LogP contribution in [0.3, 0.4) is 0 Å². The standard InChI is InChI=1S/C15H18N4O5/c16-14(20)10-17-5-7-18(8-6-17)12-3-1-11(2-4-15(21)22)9-13(12)19(23)24/h1-4,9H,5-8,10H2,(H2,16,20)(H,21,22). The number of nitrogens with two attached hydrogens (primary N) is 1. The minimum Gasteiger partial charge on any atom is -0.478 e. The highest BCUT2D eigenvalue weighted by Gasteiger charge is 2.24. The van der Waals surface area contributed by atoms with Crippen LogP contribution in [0.25, 0.3) is 6.08 Å². The average molecular weight is 334 g/mol. The molecule has 2 rings (SSSR count). The SMILES string of the molecule is NC(=O)CN1CCN(c2ccc(C=CC(=O)O)cc2[N+](=O)[O-])CC1. The van der Waals surface area contributed by atoms with Crippen molar-refractivity contribution in [3.8, 4) is 0 Å².